The highest BCUT2D eigenvalue weighted by Crippen LogP contribution is 2.21. The highest BCUT2D eigenvalue weighted by atomic mass is 79.9. The van der Waals surface area contributed by atoms with Gasteiger partial charge in [0.05, 0.1) is 0 Å². The fourth-order valence-electron chi connectivity index (χ4n) is 1.69. The average molecular weight is 348 g/mol. The number of halogens is 1. The van der Waals surface area contributed by atoms with Gasteiger partial charge in [0.2, 0.25) is 5.91 Å². The van der Waals surface area contributed by atoms with E-state index in [-0.39, 0.29) is 11.8 Å². The number of rotatable bonds is 3. The molecule has 2 rings (SSSR count). The summed E-state index contributed by atoms with van der Waals surface area (Å²) in [5.74, 6) is -0.150. The molecule has 1 heterocycles. The van der Waals surface area contributed by atoms with Crippen LogP contribution in [0.25, 0.3) is 0 Å². The molecule has 0 bridgehead atoms. The van der Waals surface area contributed by atoms with Crippen molar-refractivity contribution < 1.29 is 9.59 Å². The van der Waals surface area contributed by atoms with Crippen molar-refractivity contribution in [3.05, 3.63) is 52.1 Å². The third-order valence-electron chi connectivity index (χ3n) is 2.76. The van der Waals surface area contributed by atoms with E-state index in [2.05, 4.69) is 31.5 Å². The minimum absolute atomic E-state index is 0.234. The number of carbonyl (C=O) groups excluding carboxylic acids is 2. The third kappa shape index (κ3) is 4.13. The second kappa shape index (κ2) is 6.49. The molecule has 21 heavy (non-hydrogen) atoms. The zero-order chi connectivity index (χ0) is 15.4. The Labute approximate surface area is 130 Å². The molecule has 2 aromatic rings. The first-order valence-corrected chi connectivity index (χ1v) is 7.06. The summed E-state index contributed by atoms with van der Waals surface area (Å²) < 4.78 is 0.925. The Morgan fingerprint density at radius 1 is 1.14 bits per heavy atom. The number of hydrogen-bond acceptors (Lipinski definition) is 3. The first-order valence-electron chi connectivity index (χ1n) is 6.27. The van der Waals surface area contributed by atoms with Crippen molar-refractivity contribution in [2.45, 2.75) is 13.8 Å². The van der Waals surface area contributed by atoms with Crippen LogP contribution in [0.3, 0.4) is 0 Å². The van der Waals surface area contributed by atoms with E-state index >= 15 is 0 Å². The number of carbonyl (C=O) groups is 2. The van der Waals surface area contributed by atoms with Gasteiger partial charge >= 0.3 is 0 Å². The van der Waals surface area contributed by atoms with Crippen LogP contribution in [0.2, 0.25) is 0 Å². The van der Waals surface area contributed by atoms with E-state index in [1.54, 1.807) is 6.07 Å². The Morgan fingerprint density at radius 3 is 2.57 bits per heavy atom. The molecule has 0 atom stereocenters. The van der Waals surface area contributed by atoms with E-state index in [1.807, 2.05) is 25.1 Å². The zero-order valence-corrected chi connectivity index (χ0v) is 13.2. The monoisotopic (exact) mass is 347 g/mol. The SMILES string of the molecule is CC(=O)Nc1cc(C(=O)Nc2ccc(C)c(Br)c2)ccn1. The van der Waals surface area contributed by atoms with Crippen LogP contribution < -0.4 is 10.6 Å². The maximum atomic E-state index is 12.2. The molecule has 0 aliphatic rings. The normalized spacial score (nSPS) is 10.0. The van der Waals surface area contributed by atoms with E-state index < -0.39 is 0 Å². The molecule has 0 saturated carbocycles. The molecule has 5 nitrogen and oxygen atoms in total. The number of nitrogens with zero attached hydrogens (tertiary/aromatic N) is 1. The molecular formula is C15H14BrN3O2. The van der Waals surface area contributed by atoms with Crippen LogP contribution in [0.1, 0.15) is 22.8 Å². The van der Waals surface area contributed by atoms with E-state index in [0.29, 0.717) is 17.1 Å². The summed E-state index contributed by atoms with van der Waals surface area (Å²) in [5, 5.41) is 5.34. The van der Waals surface area contributed by atoms with Gasteiger partial charge in [-0.3, -0.25) is 9.59 Å². The van der Waals surface area contributed by atoms with Crippen LogP contribution in [0.4, 0.5) is 11.5 Å². The molecule has 0 radical (unpaired) electrons. The molecule has 108 valence electrons. The summed E-state index contributed by atoms with van der Waals surface area (Å²) in [4.78, 5) is 27.2. The van der Waals surface area contributed by atoms with Gasteiger partial charge in [-0.25, -0.2) is 4.98 Å². The standard InChI is InChI=1S/C15H14BrN3O2/c1-9-3-4-12(8-13(9)16)19-15(21)11-5-6-17-14(7-11)18-10(2)20/h3-8H,1-2H3,(H,19,21)(H,17,18,20). The maximum absolute atomic E-state index is 12.2. The number of aromatic nitrogens is 1. The quantitative estimate of drug-likeness (QED) is 0.894. The molecule has 0 spiro atoms. The summed E-state index contributed by atoms with van der Waals surface area (Å²) in [5.41, 5.74) is 2.20. The number of pyridine rings is 1. The van der Waals surface area contributed by atoms with Crippen molar-refractivity contribution in [1.82, 2.24) is 4.98 Å². The van der Waals surface area contributed by atoms with Crippen molar-refractivity contribution in [2.75, 3.05) is 10.6 Å². The van der Waals surface area contributed by atoms with Crippen molar-refractivity contribution >= 4 is 39.2 Å². The number of hydrogen-bond donors (Lipinski definition) is 2. The first-order chi connectivity index (χ1) is 9.95. The summed E-state index contributed by atoms with van der Waals surface area (Å²) in [6.45, 7) is 3.36. The molecule has 1 aromatic carbocycles. The lowest BCUT2D eigenvalue weighted by molar-refractivity contribution is -0.114. The maximum Gasteiger partial charge on any atom is 0.255 e. The largest absolute Gasteiger partial charge is 0.322 e. The Hall–Kier alpha value is -2.21. The molecule has 0 aliphatic heterocycles. The molecular weight excluding hydrogens is 334 g/mol. The number of anilines is 2. The average Bonchev–Trinajstić information content (AvgIpc) is 2.42. The van der Waals surface area contributed by atoms with Crippen LogP contribution in [0.15, 0.2) is 41.0 Å². The van der Waals surface area contributed by atoms with Gasteiger partial charge in [-0.15, -0.1) is 0 Å². The van der Waals surface area contributed by atoms with Gasteiger partial charge in [0, 0.05) is 28.8 Å². The highest BCUT2D eigenvalue weighted by molar-refractivity contribution is 9.10. The van der Waals surface area contributed by atoms with Crippen LogP contribution in [-0.4, -0.2) is 16.8 Å². The minimum atomic E-state index is -0.264. The molecule has 0 fully saturated rings. The van der Waals surface area contributed by atoms with Crippen molar-refractivity contribution in [1.29, 1.82) is 0 Å². The van der Waals surface area contributed by atoms with Crippen molar-refractivity contribution in [2.24, 2.45) is 0 Å². The summed E-state index contributed by atoms with van der Waals surface area (Å²) >= 11 is 3.42. The zero-order valence-electron chi connectivity index (χ0n) is 11.6. The topological polar surface area (TPSA) is 71.1 Å². The van der Waals surface area contributed by atoms with Crippen LogP contribution in [0.5, 0.6) is 0 Å². The Kier molecular flexibility index (Phi) is 4.70. The van der Waals surface area contributed by atoms with Crippen LogP contribution >= 0.6 is 15.9 Å². The predicted octanol–water partition coefficient (Wildman–Crippen LogP) is 3.36. The molecule has 0 unspecified atom stereocenters. The Balaban J connectivity index is 2.16. The summed E-state index contributed by atoms with van der Waals surface area (Å²) in [6, 6.07) is 8.69. The van der Waals surface area contributed by atoms with E-state index in [4.69, 9.17) is 0 Å². The van der Waals surface area contributed by atoms with Gasteiger partial charge in [0.15, 0.2) is 0 Å². The van der Waals surface area contributed by atoms with E-state index in [0.717, 1.165) is 10.0 Å². The smallest absolute Gasteiger partial charge is 0.255 e. The van der Waals surface area contributed by atoms with E-state index in [9.17, 15) is 9.59 Å². The van der Waals surface area contributed by atoms with Crippen LogP contribution in [-0.2, 0) is 4.79 Å². The highest BCUT2D eigenvalue weighted by Gasteiger charge is 2.08. The summed E-state index contributed by atoms with van der Waals surface area (Å²) in [7, 11) is 0. The fraction of sp³-hybridized carbons (Fsp3) is 0.133. The second-order valence-electron chi connectivity index (χ2n) is 4.53. The van der Waals surface area contributed by atoms with Crippen molar-refractivity contribution in [3.63, 3.8) is 0 Å². The Morgan fingerprint density at radius 2 is 1.90 bits per heavy atom. The molecule has 2 N–H and O–H groups in total. The summed E-state index contributed by atoms with van der Waals surface area (Å²) in [6.07, 6.45) is 1.48. The van der Waals surface area contributed by atoms with Gasteiger partial charge < -0.3 is 10.6 Å². The Bertz CT molecular complexity index is 701. The van der Waals surface area contributed by atoms with Gasteiger partial charge in [0.1, 0.15) is 5.82 Å². The van der Waals surface area contributed by atoms with Gasteiger partial charge in [-0.1, -0.05) is 22.0 Å². The third-order valence-corrected chi connectivity index (χ3v) is 3.61. The first kappa shape index (κ1) is 15.2. The molecule has 1 aromatic heterocycles. The minimum Gasteiger partial charge on any atom is -0.322 e. The van der Waals surface area contributed by atoms with Gasteiger partial charge in [-0.05, 0) is 36.8 Å². The lowest BCUT2D eigenvalue weighted by atomic mass is 10.2. The number of aryl methyl sites for hydroxylation is 1. The number of nitrogens with one attached hydrogen (secondary N) is 2. The van der Waals surface area contributed by atoms with Crippen LogP contribution in [0, 0.1) is 6.92 Å². The number of amides is 2. The predicted molar refractivity (Wildman–Crippen MR) is 85.4 cm³/mol. The van der Waals surface area contributed by atoms with E-state index in [1.165, 1.54) is 19.2 Å². The lowest BCUT2D eigenvalue weighted by Crippen LogP contribution is -2.14. The molecule has 0 aliphatic carbocycles. The molecule has 2 amide bonds. The van der Waals surface area contributed by atoms with Gasteiger partial charge in [-0.2, -0.15) is 0 Å². The van der Waals surface area contributed by atoms with Gasteiger partial charge in [0.25, 0.3) is 5.91 Å². The molecule has 6 heteroatoms. The second-order valence-corrected chi connectivity index (χ2v) is 5.38. The lowest BCUT2D eigenvalue weighted by Gasteiger charge is -2.08. The van der Waals surface area contributed by atoms with Crippen molar-refractivity contribution in [3.8, 4) is 0 Å². The number of benzene rings is 1. The fourth-order valence-corrected chi connectivity index (χ4v) is 2.07. The molecule has 0 saturated heterocycles.